The Bertz CT molecular complexity index is 833. The molecule has 0 aromatic carbocycles. The van der Waals surface area contributed by atoms with Crippen LogP contribution in [0.25, 0.3) is 0 Å². The van der Waals surface area contributed by atoms with E-state index in [4.69, 9.17) is 19.0 Å². The number of H-pyrrole nitrogens is 1. The monoisotopic (exact) mass is 446 g/mol. The highest BCUT2D eigenvalue weighted by atomic mass is 31.2. The van der Waals surface area contributed by atoms with E-state index in [2.05, 4.69) is 4.98 Å². The van der Waals surface area contributed by atoms with Gasteiger partial charge in [0.2, 0.25) is 0 Å². The van der Waals surface area contributed by atoms with Crippen molar-refractivity contribution in [3.05, 3.63) is 33.1 Å². The van der Waals surface area contributed by atoms with Crippen LogP contribution in [0.5, 0.6) is 0 Å². The molecule has 0 radical (unpaired) electrons. The van der Waals surface area contributed by atoms with Gasteiger partial charge >= 0.3 is 5.69 Å². The number of alkyl halides is 1. The first-order valence-corrected chi connectivity index (χ1v) is 10.8. The summed E-state index contributed by atoms with van der Waals surface area (Å²) >= 11 is 0. The zero-order chi connectivity index (χ0) is 22.4. The molecule has 0 bridgehead atoms. The van der Waals surface area contributed by atoms with Crippen molar-refractivity contribution >= 4 is 8.53 Å². The second-order valence-electron chi connectivity index (χ2n) is 7.33. The summed E-state index contributed by atoms with van der Waals surface area (Å²) in [5, 5.41) is 18.3. The Morgan fingerprint density at radius 3 is 2.60 bits per heavy atom. The summed E-state index contributed by atoms with van der Waals surface area (Å²) in [7, 11) is -1.82. The molecule has 1 fully saturated rings. The molecule has 0 amide bonds. The Morgan fingerprint density at radius 1 is 1.40 bits per heavy atom. The van der Waals surface area contributed by atoms with E-state index in [1.165, 1.54) is 6.20 Å². The molecule has 0 aliphatic carbocycles. The van der Waals surface area contributed by atoms with Crippen LogP contribution in [-0.4, -0.2) is 63.0 Å². The molecule has 0 spiro atoms. The summed E-state index contributed by atoms with van der Waals surface area (Å²) < 4.78 is 35.4. The molecule has 2 rings (SSSR count). The third kappa shape index (κ3) is 5.72. The summed E-state index contributed by atoms with van der Waals surface area (Å²) in [5.41, 5.74) is -1.39. The van der Waals surface area contributed by atoms with Crippen LogP contribution in [0, 0.1) is 11.3 Å². The highest BCUT2D eigenvalue weighted by Gasteiger charge is 2.49. The molecule has 5 atom stereocenters. The van der Waals surface area contributed by atoms with Gasteiger partial charge in [-0.15, -0.1) is 0 Å². The number of aliphatic hydroxyl groups is 1. The van der Waals surface area contributed by atoms with Crippen LogP contribution in [-0.2, 0) is 13.8 Å². The summed E-state index contributed by atoms with van der Waals surface area (Å²) in [6.07, 6.45) is -4.12. The normalized spacial score (nSPS) is 25.2. The minimum atomic E-state index is -1.82. The van der Waals surface area contributed by atoms with E-state index in [-0.39, 0.29) is 25.1 Å². The van der Waals surface area contributed by atoms with E-state index in [0.717, 1.165) is 10.6 Å². The lowest BCUT2D eigenvalue weighted by atomic mass is 10.1. The van der Waals surface area contributed by atoms with Crippen LogP contribution in [0.3, 0.4) is 0 Å². The zero-order valence-corrected chi connectivity index (χ0v) is 18.3. The molecule has 30 heavy (non-hydrogen) atoms. The van der Waals surface area contributed by atoms with Crippen molar-refractivity contribution in [1.82, 2.24) is 14.2 Å². The predicted molar refractivity (Wildman–Crippen MR) is 107 cm³/mol. The van der Waals surface area contributed by atoms with Gasteiger partial charge in [0.25, 0.3) is 14.1 Å². The zero-order valence-electron chi connectivity index (χ0n) is 17.4. The van der Waals surface area contributed by atoms with Crippen LogP contribution in [0.15, 0.2) is 21.9 Å². The summed E-state index contributed by atoms with van der Waals surface area (Å²) in [6, 6.07) is 3.07. The van der Waals surface area contributed by atoms with Crippen LogP contribution in [0.4, 0.5) is 4.39 Å². The number of aliphatic hydroxyl groups excluding tert-OH is 1. The van der Waals surface area contributed by atoms with Crippen LogP contribution in [0.2, 0.25) is 0 Å². The number of hydrogen-bond donors (Lipinski definition) is 2. The predicted octanol–water partition coefficient (Wildman–Crippen LogP) is 1.43. The summed E-state index contributed by atoms with van der Waals surface area (Å²) in [5.74, 6) is 0. The Balaban J connectivity index is 2.38. The molecule has 1 aromatic rings. The third-order valence-corrected chi connectivity index (χ3v) is 6.57. The molecule has 10 nitrogen and oxygen atoms in total. The molecule has 2 N–H and O–H groups in total. The first kappa shape index (κ1) is 24.6. The molecule has 1 aliphatic rings. The standard InChI is InChI=1S/C18H28FN4O6P/c1-11(2)23(12(3)4)30(27-9-5-7-20)29-16-15(19)13(10-24)28-17(16)22-8-6-14(25)21-18(22)26/h6,8,11-13,15-17,24H,5,9-10H2,1-4H3,(H,21,25,26)/t13-,15?,16+,17-,30?/m1/s1. The van der Waals surface area contributed by atoms with Crippen LogP contribution >= 0.6 is 8.53 Å². The van der Waals surface area contributed by atoms with Crippen molar-refractivity contribution < 1.29 is 23.3 Å². The number of nitrogens with one attached hydrogen (secondary N) is 1. The Kier molecular flexibility index (Phi) is 9.09. The topological polar surface area (TPSA) is 130 Å². The van der Waals surface area contributed by atoms with Gasteiger partial charge < -0.3 is 18.9 Å². The minimum absolute atomic E-state index is 0.0125. The number of rotatable bonds is 10. The fourth-order valence-corrected chi connectivity index (χ4v) is 4.94. The van der Waals surface area contributed by atoms with Crippen molar-refractivity contribution in [2.24, 2.45) is 0 Å². The summed E-state index contributed by atoms with van der Waals surface area (Å²) in [6.45, 7) is 7.22. The first-order chi connectivity index (χ1) is 14.2. The molecule has 12 heteroatoms. The number of halogens is 1. The van der Waals surface area contributed by atoms with E-state index in [0.29, 0.717) is 0 Å². The van der Waals surface area contributed by atoms with E-state index >= 15 is 4.39 Å². The lowest BCUT2D eigenvalue weighted by molar-refractivity contribution is -0.0515. The fourth-order valence-electron chi connectivity index (χ4n) is 3.20. The van der Waals surface area contributed by atoms with Crippen LogP contribution < -0.4 is 11.2 Å². The third-order valence-electron chi connectivity index (χ3n) is 4.44. The maximum Gasteiger partial charge on any atom is 0.330 e. The highest BCUT2D eigenvalue weighted by molar-refractivity contribution is 7.44. The van der Waals surface area contributed by atoms with E-state index in [1.807, 2.05) is 38.4 Å². The number of aromatic nitrogens is 2. The molecule has 2 unspecified atom stereocenters. The van der Waals surface area contributed by atoms with Crippen molar-refractivity contribution in [2.45, 2.75) is 70.8 Å². The quantitative estimate of drug-likeness (QED) is 0.408. The second-order valence-corrected chi connectivity index (χ2v) is 8.73. The SMILES string of the molecule is CC(C)N(C(C)C)P(OCCC#N)O[C@H]1C(F)[C@@H](CO)O[C@H]1n1ccc(=O)[nH]c1=O. The van der Waals surface area contributed by atoms with Gasteiger partial charge in [0, 0.05) is 24.3 Å². The number of ether oxygens (including phenoxy) is 1. The molecule has 168 valence electrons. The van der Waals surface area contributed by atoms with Gasteiger partial charge in [0.05, 0.1) is 25.7 Å². The average Bonchev–Trinajstić information content (AvgIpc) is 2.97. The number of hydrogen-bond acceptors (Lipinski definition) is 8. The van der Waals surface area contributed by atoms with Gasteiger partial charge in [-0.2, -0.15) is 5.26 Å². The van der Waals surface area contributed by atoms with Gasteiger partial charge in [-0.1, -0.05) is 0 Å². The van der Waals surface area contributed by atoms with Crippen molar-refractivity contribution in [3.8, 4) is 6.07 Å². The second kappa shape index (κ2) is 11.1. The largest absolute Gasteiger partial charge is 0.394 e. The smallest absolute Gasteiger partial charge is 0.330 e. The van der Waals surface area contributed by atoms with Gasteiger partial charge in [-0.3, -0.25) is 14.3 Å². The average molecular weight is 446 g/mol. The molecule has 2 heterocycles. The summed E-state index contributed by atoms with van der Waals surface area (Å²) in [4.78, 5) is 25.7. The Labute approximate surface area is 175 Å². The van der Waals surface area contributed by atoms with E-state index < -0.39 is 51.0 Å². The van der Waals surface area contributed by atoms with Crippen molar-refractivity contribution in [3.63, 3.8) is 0 Å². The molecule has 0 saturated carbocycles. The molecule has 1 aromatic heterocycles. The van der Waals surface area contributed by atoms with Crippen molar-refractivity contribution in [2.75, 3.05) is 13.2 Å². The van der Waals surface area contributed by atoms with E-state index in [1.54, 1.807) is 0 Å². The highest BCUT2D eigenvalue weighted by Crippen LogP contribution is 2.50. The number of nitrogens with zero attached hydrogens (tertiary/aromatic N) is 3. The van der Waals surface area contributed by atoms with Crippen LogP contribution in [0.1, 0.15) is 40.3 Å². The van der Waals surface area contributed by atoms with E-state index in [9.17, 15) is 14.7 Å². The molecular weight excluding hydrogens is 418 g/mol. The van der Waals surface area contributed by atoms with Gasteiger partial charge in [0.1, 0.15) is 12.2 Å². The van der Waals surface area contributed by atoms with Gasteiger partial charge in [-0.05, 0) is 27.7 Å². The molecule has 1 saturated heterocycles. The number of nitriles is 1. The van der Waals surface area contributed by atoms with Gasteiger partial charge in [0.15, 0.2) is 12.4 Å². The Morgan fingerprint density at radius 2 is 2.07 bits per heavy atom. The lowest BCUT2D eigenvalue weighted by Gasteiger charge is -2.37. The van der Waals surface area contributed by atoms with Gasteiger partial charge in [-0.25, -0.2) is 13.9 Å². The maximum absolute atomic E-state index is 15.1. The lowest BCUT2D eigenvalue weighted by Crippen LogP contribution is -2.40. The minimum Gasteiger partial charge on any atom is -0.394 e. The maximum atomic E-state index is 15.1. The molecule has 1 aliphatic heterocycles. The fraction of sp³-hybridized carbons (Fsp3) is 0.722. The number of aromatic amines is 1. The Hall–Kier alpha value is -1.67. The first-order valence-electron chi connectivity index (χ1n) is 9.68. The molecular formula is C18H28FN4O6P. The van der Waals surface area contributed by atoms with Crippen molar-refractivity contribution in [1.29, 1.82) is 5.26 Å².